The second-order valence-corrected chi connectivity index (χ2v) is 4.85. The summed E-state index contributed by atoms with van der Waals surface area (Å²) < 4.78 is 4.79. The van der Waals surface area contributed by atoms with Gasteiger partial charge in [0.25, 0.3) is 5.91 Å². The van der Waals surface area contributed by atoms with Crippen molar-refractivity contribution in [1.29, 1.82) is 0 Å². The van der Waals surface area contributed by atoms with Crippen molar-refractivity contribution in [2.75, 3.05) is 20.3 Å². The molecule has 0 fully saturated rings. The number of ether oxygens (including phenoxy) is 1. The van der Waals surface area contributed by atoms with E-state index in [1.165, 1.54) is 18.4 Å². The maximum atomic E-state index is 11.6. The zero-order valence-electron chi connectivity index (χ0n) is 9.53. The van der Waals surface area contributed by atoms with E-state index in [4.69, 9.17) is 4.74 Å². The highest BCUT2D eigenvalue weighted by Crippen LogP contribution is 2.14. The predicted octanol–water partition coefficient (Wildman–Crippen LogP) is 1.18. The van der Waals surface area contributed by atoms with Crippen LogP contribution in [0.5, 0.6) is 0 Å². The highest BCUT2D eigenvalue weighted by molar-refractivity contribution is 7.13. The minimum Gasteiger partial charge on any atom is -0.391 e. The maximum Gasteiger partial charge on any atom is 0.261 e. The first-order valence-electron chi connectivity index (χ1n) is 5.15. The van der Waals surface area contributed by atoms with Crippen molar-refractivity contribution in [3.05, 3.63) is 21.9 Å². The number of aryl methyl sites for hydroxylation is 1. The number of hydrogen-bond acceptors (Lipinski definition) is 4. The van der Waals surface area contributed by atoms with Crippen LogP contribution in [0.15, 0.2) is 12.1 Å². The molecule has 2 N–H and O–H groups in total. The molecular weight excluding hydrogens is 226 g/mol. The lowest BCUT2D eigenvalue weighted by atomic mass is 10.2. The fourth-order valence-electron chi connectivity index (χ4n) is 1.27. The molecule has 0 saturated heterocycles. The highest BCUT2D eigenvalue weighted by Gasteiger charge is 2.08. The quantitative estimate of drug-likeness (QED) is 0.789. The van der Waals surface area contributed by atoms with Gasteiger partial charge in [-0.2, -0.15) is 0 Å². The molecule has 1 heterocycles. The molecule has 1 atom stereocenters. The molecule has 0 bridgehead atoms. The summed E-state index contributed by atoms with van der Waals surface area (Å²) in [6.45, 7) is 2.72. The standard InChI is InChI=1S/C11H17NO3S/c1-8-3-4-10(16-8)11(14)12-6-5-9(13)7-15-2/h3-4,9,13H,5-7H2,1-2H3,(H,12,14). The van der Waals surface area contributed by atoms with Crippen LogP contribution < -0.4 is 5.32 Å². The third kappa shape index (κ3) is 4.30. The van der Waals surface area contributed by atoms with Crippen LogP contribution in [0, 0.1) is 6.92 Å². The zero-order valence-corrected chi connectivity index (χ0v) is 10.3. The molecule has 4 nitrogen and oxygen atoms in total. The number of methoxy groups -OCH3 is 1. The van der Waals surface area contributed by atoms with Gasteiger partial charge in [0.05, 0.1) is 17.6 Å². The Bertz CT molecular complexity index is 338. The summed E-state index contributed by atoms with van der Waals surface area (Å²) in [5, 5.41) is 12.1. The van der Waals surface area contributed by atoms with E-state index in [2.05, 4.69) is 5.32 Å². The molecule has 0 aromatic carbocycles. The molecule has 0 saturated carbocycles. The molecule has 0 spiro atoms. The Kier molecular flexibility index (Phi) is 5.45. The van der Waals surface area contributed by atoms with Gasteiger partial charge in [-0.3, -0.25) is 4.79 Å². The SMILES string of the molecule is COCC(O)CCNC(=O)c1ccc(C)s1. The summed E-state index contributed by atoms with van der Waals surface area (Å²) in [4.78, 5) is 13.4. The molecule has 16 heavy (non-hydrogen) atoms. The maximum absolute atomic E-state index is 11.6. The summed E-state index contributed by atoms with van der Waals surface area (Å²) >= 11 is 1.47. The van der Waals surface area contributed by atoms with Crippen LogP contribution in [0.3, 0.4) is 0 Å². The fourth-order valence-corrected chi connectivity index (χ4v) is 2.06. The van der Waals surface area contributed by atoms with Gasteiger partial charge >= 0.3 is 0 Å². The summed E-state index contributed by atoms with van der Waals surface area (Å²) in [5.74, 6) is -0.0808. The van der Waals surface area contributed by atoms with Crippen LogP contribution in [0.4, 0.5) is 0 Å². The van der Waals surface area contributed by atoms with Gasteiger partial charge in [-0.15, -0.1) is 11.3 Å². The molecule has 0 aliphatic rings. The van der Waals surface area contributed by atoms with E-state index < -0.39 is 6.10 Å². The lowest BCUT2D eigenvalue weighted by Crippen LogP contribution is -2.27. The number of nitrogens with one attached hydrogen (secondary N) is 1. The first-order valence-corrected chi connectivity index (χ1v) is 5.96. The number of hydrogen-bond donors (Lipinski definition) is 2. The lowest BCUT2D eigenvalue weighted by molar-refractivity contribution is 0.0588. The van der Waals surface area contributed by atoms with E-state index in [9.17, 15) is 9.90 Å². The second-order valence-electron chi connectivity index (χ2n) is 3.56. The van der Waals surface area contributed by atoms with Gasteiger partial charge in [-0.1, -0.05) is 0 Å². The number of aliphatic hydroxyl groups is 1. The number of rotatable bonds is 6. The van der Waals surface area contributed by atoms with E-state index in [-0.39, 0.29) is 5.91 Å². The van der Waals surface area contributed by atoms with E-state index in [0.717, 1.165) is 4.88 Å². The normalized spacial score (nSPS) is 12.4. The van der Waals surface area contributed by atoms with Gasteiger partial charge in [0.2, 0.25) is 0 Å². The molecule has 1 unspecified atom stereocenters. The molecule has 1 aromatic heterocycles. The van der Waals surface area contributed by atoms with Gasteiger partial charge in [0, 0.05) is 18.5 Å². The van der Waals surface area contributed by atoms with Gasteiger partial charge in [-0.05, 0) is 25.5 Å². The van der Waals surface area contributed by atoms with Crippen molar-refractivity contribution < 1.29 is 14.6 Å². The topological polar surface area (TPSA) is 58.6 Å². The van der Waals surface area contributed by atoms with E-state index in [1.54, 1.807) is 6.07 Å². The monoisotopic (exact) mass is 243 g/mol. The smallest absolute Gasteiger partial charge is 0.261 e. The van der Waals surface area contributed by atoms with Crippen LogP contribution in [0.2, 0.25) is 0 Å². The molecule has 90 valence electrons. The Morgan fingerprint density at radius 2 is 2.38 bits per heavy atom. The van der Waals surface area contributed by atoms with Crippen molar-refractivity contribution in [2.24, 2.45) is 0 Å². The van der Waals surface area contributed by atoms with E-state index in [0.29, 0.717) is 24.4 Å². The zero-order chi connectivity index (χ0) is 12.0. The van der Waals surface area contributed by atoms with Crippen molar-refractivity contribution >= 4 is 17.2 Å². The van der Waals surface area contributed by atoms with Gasteiger partial charge < -0.3 is 15.2 Å². The fraction of sp³-hybridized carbons (Fsp3) is 0.545. The van der Waals surface area contributed by atoms with E-state index >= 15 is 0 Å². The first-order chi connectivity index (χ1) is 7.63. The third-order valence-corrected chi connectivity index (χ3v) is 3.09. The van der Waals surface area contributed by atoms with Crippen LogP contribution in [0.1, 0.15) is 21.0 Å². The van der Waals surface area contributed by atoms with Gasteiger partial charge in [0.1, 0.15) is 0 Å². The number of carbonyl (C=O) groups excluding carboxylic acids is 1. The van der Waals surface area contributed by atoms with Gasteiger partial charge in [0.15, 0.2) is 0 Å². The summed E-state index contributed by atoms with van der Waals surface area (Å²) in [5.41, 5.74) is 0. The molecule has 0 aliphatic carbocycles. The minimum absolute atomic E-state index is 0.0808. The predicted molar refractivity (Wildman–Crippen MR) is 63.9 cm³/mol. The Labute approximate surface area is 99.2 Å². The molecule has 0 aliphatic heterocycles. The third-order valence-electron chi connectivity index (χ3n) is 2.09. The summed E-state index contributed by atoms with van der Waals surface area (Å²) in [6.07, 6.45) is -0.0143. The van der Waals surface area contributed by atoms with Gasteiger partial charge in [-0.25, -0.2) is 0 Å². The Morgan fingerprint density at radius 1 is 1.62 bits per heavy atom. The Hall–Kier alpha value is -0.910. The Morgan fingerprint density at radius 3 is 2.94 bits per heavy atom. The molecule has 0 radical (unpaired) electrons. The minimum atomic E-state index is -0.518. The van der Waals surface area contributed by atoms with Crippen LogP contribution in [-0.2, 0) is 4.74 Å². The first kappa shape index (κ1) is 13.2. The molecule has 1 rings (SSSR count). The van der Waals surface area contributed by atoms with Crippen LogP contribution >= 0.6 is 11.3 Å². The Balaban J connectivity index is 2.25. The van der Waals surface area contributed by atoms with Crippen LogP contribution in [0.25, 0.3) is 0 Å². The van der Waals surface area contributed by atoms with Crippen molar-refractivity contribution in [3.8, 4) is 0 Å². The lowest BCUT2D eigenvalue weighted by Gasteiger charge is -2.09. The average Bonchev–Trinajstić information content (AvgIpc) is 2.65. The number of aliphatic hydroxyl groups excluding tert-OH is 1. The average molecular weight is 243 g/mol. The summed E-state index contributed by atoms with van der Waals surface area (Å²) in [7, 11) is 1.54. The molecule has 5 heteroatoms. The molecular formula is C11H17NO3S. The van der Waals surface area contributed by atoms with E-state index in [1.807, 2.05) is 13.0 Å². The number of thiophene rings is 1. The van der Waals surface area contributed by atoms with Crippen molar-refractivity contribution in [2.45, 2.75) is 19.4 Å². The van der Waals surface area contributed by atoms with Crippen molar-refractivity contribution in [1.82, 2.24) is 5.32 Å². The van der Waals surface area contributed by atoms with Crippen LogP contribution in [-0.4, -0.2) is 37.4 Å². The number of amides is 1. The van der Waals surface area contributed by atoms with Crippen molar-refractivity contribution in [3.63, 3.8) is 0 Å². The summed E-state index contributed by atoms with van der Waals surface area (Å²) in [6, 6.07) is 3.72. The molecule has 1 aromatic rings. The second kappa shape index (κ2) is 6.62. The number of carbonyl (C=O) groups is 1. The molecule has 1 amide bonds. The largest absolute Gasteiger partial charge is 0.391 e. The highest BCUT2D eigenvalue weighted by atomic mass is 32.1.